The van der Waals surface area contributed by atoms with Crippen molar-refractivity contribution in [3.05, 3.63) is 49.8 Å². The minimum Gasteiger partial charge on any atom is 0 e. The summed E-state index contributed by atoms with van der Waals surface area (Å²) in [5.41, 5.74) is 0.908. The standard InChI is InChI=1S/C9H12O2.3CO.Cr/c1-7(10)8-3-5-9(11-2)6-4-8;3*1-2;/h3-7,10H,1-2H3;;;;/t7-;;;;/m0..../s1. The molecule has 6 heteroatoms. The number of methoxy groups -OCH3 is 1. The summed E-state index contributed by atoms with van der Waals surface area (Å²) in [5.74, 6) is 0.814. The van der Waals surface area contributed by atoms with Crippen molar-refractivity contribution in [2.75, 3.05) is 7.11 Å². The molecule has 1 N–H and O–H groups in total. The van der Waals surface area contributed by atoms with Crippen molar-refractivity contribution in [3.63, 3.8) is 0 Å². The summed E-state index contributed by atoms with van der Waals surface area (Å²) in [6.45, 7) is 15.2. The van der Waals surface area contributed by atoms with Crippen molar-refractivity contribution in [2.45, 2.75) is 13.0 Å². The van der Waals surface area contributed by atoms with E-state index in [-0.39, 0.29) is 17.4 Å². The van der Waals surface area contributed by atoms with Gasteiger partial charge in [0, 0.05) is 17.4 Å². The molecule has 0 aromatic heterocycles. The number of aliphatic hydroxyl groups excluding tert-OH is 1. The minimum atomic E-state index is -0.402. The van der Waals surface area contributed by atoms with E-state index in [2.05, 4.69) is 20.0 Å². The predicted octanol–water partition coefficient (Wildman–Crippen LogP) is 1.63. The SMILES string of the molecule is COc1ccc([C@H](C)O)cc1.[C-]#[O+].[C-]#[O+].[C-]#[O+].[Cr]. The normalized spacial score (nSPS) is 8.06. The van der Waals surface area contributed by atoms with Gasteiger partial charge in [-0.15, -0.1) is 0 Å². The Morgan fingerprint density at radius 2 is 1.33 bits per heavy atom. The molecule has 0 spiro atoms. The van der Waals surface area contributed by atoms with Crippen LogP contribution in [0.2, 0.25) is 0 Å². The van der Waals surface area contributed by atoms with Gasteiger partial charge in [-0.2, -0.15) is 0 Å². The first kappa shape index (κ1) is 25.5. The summed E-state index contributed by atoms with van der Waals surface area (Å²) in [6, 6.07) is 7.37. The Kier molecular flexibility index (Phi) is 29.9. The molecule has 0 fully saturated rings. The van der Waals surface area contributed by atoms with E-state index in [4.69, 9.17) is 23.8 Å². The first-order valence-electron chi connectivity index (χ1n) is 4.17. The smallest absolute Gasteiger partial charge is 0 e. The van der Waals surface area contributed by atoms with E-state index >= 15 is 0 Å². The van der Waals surface area contributed by atoms with Gasteiger partial charge in [0.15, 0.2) is 0 Å². The molecule has 0 aliphatic heterocycles. The van der Waals surface area contributed by atoms with Gasteiger partial charge in [0.05, 0.1) is 13.2 Å². The Morgan fingerprint density at radius 1 is 1.00 bits per heavy atom. The van der Waals surface area contributed by atoms with Gasteiger partial charge >= 0.3 is 33.9 Å². The molecule has 0 bridgehead atoms. The summed E-state index contributed by atoms with van der Waals surface area (Å²) in [4.78, 5) is 0. The molecule has 0 radical (unpaired) electrons. The summed E-state index contributed by atoms with van der Waals surface area (Å²) in [6.07, 6.45) is -0.402. The predicted molar refractivity (Wildman–Crippen MR) is 55.4 cm³/mol. The Balaban J connectivity index is -0.000000123. The molecule has 5 nitrogen and oxygen atoms in total. The molecule has 1 aromatic rings. The topological polar surface area (TPSA) is 89.2 Å². The van der Waals surface area contributed by atoms with Crippen LogP contribution in [0.15, 0.2) is 24.3 Å². The van der Waals surface area contributed by atoms with E-state index in [9.17, 15) is 0 Å². The van der Waals surface area contributed by atoms with Crippen LogP contribution in [0.5, 0.6) is 5.75 Å². The number of hydrogen-bond acceptors (Lipinski definition) is 2. The van der Waals surface area contributed by atoms with Gasteiger partial charge in [-0.3, -0.25) is 0 Å². The zero-order chi connectivity index (χ0) is 14.3. The molecule has 96 valence electrons. The number of benzene rings is 1. The average molecular weight is 288 g/mol. The maximum absolute atomic E-state index is 9.15. The zero-order valence-corrected chi connectivity index (χ0v) is 11.2. The Morgan fingerprint density at radius 3 is 1.56 bits per heavy atom. The van der Waals surface area contributed by atoms with Crippen molar-refractivity contribution in [2.24, 2.45) is 0 Å². The molecule has 0 aliphatic rings. The molecule has 1 aromatic carbocycles. The average Bonchev–Trinajstić information content (AvgIpc) is 2.45. The quantitative estimate of drug-likeness (QED) is 0.662. The van der Waals surface area contributed by atoms with Crippen LogP contribution in [0.3, 0.4) is 0 Å². The van der Waals surface area contributed by atoms with Crippen molar-refractivity contribution in [1.82, 2.24) is 0 Å². The van der Waals surface area contributed by atoms with Crippen LogP contribution in [0.1, 0.15) is 18.6 Å². The summed E-state index contributed by atoms with van der Waals surface area (Å²) < 4.78 is 27.5. The van der Waals surface area contributed by atoms with E-state index in [1.54, 1.807) is 14.0 Å². The fourth-order valence-electron chi connectivity index (χ4n) is 0.882. The molecular weight excluding hydrogens is 276 g/mol. The largest absolute Gasteiger partial charge is 0 e. The molecule has 0 saturated heterocycles. The van der Waals surface area contributed by atoms with E-state index in [0.29, 0.717) is 0 Å². The van der Waals surface area contributed by atoms with Crippen LogP contribution in [0, 0.1) is 20.0 Å². The second kappa shape index (κ2) is 21.1. The van der Waals surface area contributed by atoms with Crippen molar-refractivity contribution < 1.29 is 41.2 Å². The fourth-order valence-corrected chi connectivity index (χ4v) is 0.882. The Bertz CT molecular complexity index is 312. The minimum absolute atomic E-state index is 0. The van der Waals surface area contributed by atoms with Gasteiger partial charge in [-0.25, -0.2) is 0 Å². The van der Waals surface area contributed by atoms with Gasteiger partial charge in [0.1, 0.15) is 5.75 Å². The van der Waals surface area contributed by atoms with Gasteiger partial charge in [-0.05, 0) is 24.6 Å². The van der Waals surface area contributed by atoms with E-state index in [0.717, 1.165) is 11.3 Å². The summed E-state index contributed by atoms with van der Waals surface area (Å²) in [5, 5.41) is 9.15. The van der Waals surface area contributed by atoms with Crippen LogP contribution in [-0.2, 0) is 31.3 Å². The molecule has 0 amide bonds. The number of rotatable bonds is 2. The molecular formula is C12H12CrO5. The number of aliphatic hydroxyl groups is 1. The van der Waals surface area contributed by atoms with Crippen LogP contribution >= 0.6 is 0 Å². The molecule has 1 rings (SSSR count). The second-order valence-electron chi connectivity index (χ2n) is 2.45. The molecule has 1 atom stereocenters. The second-order valence-corrected chi connectivity index (χ2v) is 2.45. The third kappa shape index (κ3) is 12.8. The summed E-state index contributed by atoms with van der Waals surface area (Å²) in [7, 11) is 1.62. The molecule has 0 unspecified atom stereocenters. The van der Waals surface area contributed by atoms with Crippen molar-refractivity contribution in [1.29, 1.82) is 0 Å². The maximum Gasteiger partial charge on any atom is 0 e. The number of hydrogen-bond donors (Lipinski definition) is 1. The molecule has 0 heterocycles. The fraction of sp³-hybridized carbons (Fsp3) is 0.250. The van der Waals surface area contributed by atoms with Gasteiger partial charge in [0.25, 0.3) is 0 Å². The summed E-state index contributed by atoms with van der Waals surface area (Å²) >= 11 is 0. The first-order chi connectivity index (χ1) is 8.24. The van der Waals surface area contributed by atoms with Crippen LogP contribution in [0.4, 0.5) is 0 Å². The molecule has 18 heavy (non-hydrogen) atoms. The monoisotopic (exact) mass is 288 g/mol. The Hall–Kier alpha value is -1.27. The number of ether oxygens (including phenoxy) is 1. The maximum atomic E-state index is 9.15. The van der Waals surface area contributed by atoms with Gasteiger partial charge in [0.2, 0.25) is 0 Å². The van der Waals surface area contributed by atoms with Crippen molar-refractivity contribution in [3.8, 4) is 5.75 Å². The molecule has 0 saturated carbocycles. The van der Waals surface area contributed by atoms with Gasteiger partial charge < -0.3 is 9.84 Å². The van der Waals surface area contributed by atoms with Gasteiger partial charge in [-0.1, -0.05) is 12.1 Å². The van der Waals surface area contributed by atoms with Crippen LogP contribution in [0.25, 0.3) is 0 Å². The van der Waals surface area contributed by atoms with Crippen molar-refractivity contribution >= 4 is 0 Å². The van der Waals surface area contributed by atoms with E-state index < -0.39 is 6.10 Å². The third-order valence-corrected chi connectivity index (χ3v) is 1.60. The van der Waals surface area contributed by atoms with E-state index in [1.165, 1.54) is 0 Å². The zero-order valence-electron chi connectivity index (χ0n) is 9.88. The molecule has 0 aliphatic carbocycles. The van der Waals surface area contributed by atoms with Crippen LogP contribution < -0.4 is 4.74 Å². The first-order valence-corrected chi connectivity index (χ1v) is 4.17. The van der Waals surface area contributed by atoms with E-state index in [1.807, 2.05) is 24.3 Å². The Labute approximate surface area is 117 Å². The van der Waals surface area contributed by atoms with Crippen LogP contribution in [-0.4, -0.2) is 12.2 Å². The third-order valence-electron chi connectivity index (χ3n) is 1.60.